The largest absolute Gasteiger partial charge is 0.377 e. The van der Waals surface area contributed by atoms with Gasteiger partial charge in [0.15, 0.2) is 5.75 Å². The second-order valence-electron chi connectivity index (χ2n) is 3.69. The van der Waals surface area contributed by atoms with Crippen LogP contribution in [0.3, 0.4) is 0 Å². The van der Waals surface area contributed by atoms with E-state index in [1.165, 1.54) is 12.1 Å². The third-order valence-electron chi connectivity index (χ3n) is 2.20. The van der Waals surface area contributed by atoms with Gasteiger partial charge in [0.1, 0.15) is 10.7 Å². The van der Waals surface area contributed by atoms with Gasteiger partial charge in [0.05, 0.1) is 12.4 Å². The summed E-state index contributed by atoms with van der Waals surface area (Å²) in [6, 6.07) is 7.12. The number of aryl methyl sites for hydroxylation is 1. The summed E-state index contributed by atoms with van der Waals surface area (Å²) in [5.74, 6) is -0.817. The van der Waals surface area contributed by atoms with E-state index in [1.807, 2.05) is 6.92 Å². The minimum Gasteiger partial charge on any atom is -0.377 e. The van der Waals surface area contributed by atoms with Gasteiger partial charge in [-0.05, 0) is 19.1 Å². The van der Waals surface area contributed by atoms with E-state index in [4.69, 9.17) is 4.18 Å². The lowest BCUT2D eigenvalue weighted by molar-refractivity contribution is 0.481. The van der Waals surface area contributed by atoms with Crippen molar-refractivity contribution in [2.24, 2.45) is 0 Å². The average Bonchev–Trinajstić information content (AvgIpc) is 2.29. The van der Waals surface area contributed by atoms with Gasteiger partial charge in [-0.25, -0.2) is 4.39 Å². The van der Waals surface area contributed by atoms with Crippen molar-refractivity contribution in [2.75, 3.05) is 0 Å². The summed E-state index contributed by atoms with van der Waals surface area (Å²) < 4.78 is 41.3. The molecule has 0 atom stereocenters. The van der Waals surface area contributed by atoms with Gasteiger partial charge in [0, 0.05) is 6.07 Å². The Labute approximate surface area is 104 Å². The lowest BCUT2D eigenvalue weighted by atomic mass is 10.2. The highest BCUT2D eigenvalue weighted by Crippen LogP contribution is 2.18. The fourth-order valence-corrected chi connectivity index (χ4v) is 2.23. The van der Waals surface area contributed by atoms with E-state index in [1.54, 1.807) is 12.1 Å². The zero-order valence-electron chi connectivity index (χ0n) is 9.50. The molecule has 1 aromatic carbocycles. The number of nitrogens with zero attached hydrogens (tertiary/aromatic N) is 1. The molecule has 0 bridgehead atoms. The molecule has 0 aliphatic carbocycles. The van der Waals surface area contributed by atoms with Crippen LogP contribution in [0.15, 0.2) is 47.6 Å². The first kappa shape index (κ1) is 12.5. The molecular formula is C12H10FNO3S. The topological polar surface area (TPSA) is 56.3 Å². The van der Waals surface area contributed by atoms with Gasteiger partial charge in [0.25, 0.3) is 0 Å². The molecule has 94 valence electrons. The van der Waals surface area contributed by atoms with E-state index < -0.39 is 15.9 Å². The molecule has 1 aromatic heterocycles. The highest BCUT2D eigenvalue weighted by atomic mass is 32.2. The number of aromatic nitrogens is 1. The summed E-state index contributed by atoms with van der Waals surface area (Å²) in [4.78, 5) is 3.52. The molecular weight excluding hydrogens is 257 g/mol. The van der Waals surface area contributed by atoms with Crippen LogP contribution < -0.4 is 4.18 Å². The number of benzene rings is 1. The van der Waals surface area contributed by atoms with Crippen molar-refractivity contribution in [1.29, 1.82) is 0 Å². The third-order valence-corrected chi connectivity index (χ3v) is 3.46. The molecule has 0 N–H and O–H groups in total. The summed E-state index contributed by atoms with van der Waals surface area (Å²) in [5.41, 5.74) is 0.932. The molecule has 0 spiro atoms. The number of hydrogen-bond acceptors (Lipinski definition) is 4. The Morgan fingerprint density at radius 1 is 1.17 bits per heavy atom. The Morgan fingerprint density at radius 3 is 2.44 bits per heavy atom. The smallest absolute Gasteiger partial charge is 0.339 e. The Hall–Kier alpha value is -1.95. The lowest BCUT2D eigenvalue weighted by Crippen LogP contribution is -2.10. The average molecular weight is 267 g/mol. The summed E-state index contributed by atoms with van der Waals surface area (Å²) in [6.45, 7) is 1.84. The Morgan fingerprint density at radius 2 is 1.83 bits per heavy atom. The van der Waals surface area contributed by atoms with E-state index in [0.717, 1.165) is 24.0 Å². The van der Waals surface area contributed by atoms with Crippen molar-refractivity contribution in [1.82, 2.24) is 4.98 Å². The first-order valence-electron chi connectivity index (χ1n) is 5.09. The maximum Gasteiger partial charge on any atom is 0.339 e. The molecule has 18 heavy (non-hydrogen) atoms. The van der Waals surface area contributed by atoms with Gasteiger partial charge in [-0.1, -0.05) is 17.7 Å². The monoisotopic (exact) mass is 267 g/mol. The zero-order valence-corrected chi connectivity index (χ0v) is 10.3. The summed E-state index contributed by atoms with van der Waals surface area (Å²) in [5, 5.41) is 0. The van der Waals surface area contributed by atoms with Crippen LogP contribution in [0.5, 0.6) is 5.75 Å². The maximum atomic E-state index is 12.9. The van der Waals surface area contributed by atoms with Crippen LogP contribution >= 0.6 is 0 Å². The fourth-order valence-electron chi connectivity index (χ4n) is 1.32. The van der Waals surface area contributed by atoms with Crippen molar-refractivity contribution < 1.29 is 17.0 Å². The predicted molar refractivity (Wildman–Crippen MR) is 63.2 cm³/mol. The minimum absolute atomic E-state index is 0.0114. The molecule has 0 saturated heterocycles. The molecule has 0 aliphatic heterocycles. The molecule has 0 saturated carbocycles. The van der Waals surface area contributed by atoms with E-state index in [2.05, 4.69) is 4.98 Å². The standard InChI is InChI=1S/C12H10FNO3S/c1-9-2-4-12(5-3-9)18(15,16)17-11-6-10(13)7-14-8-11/h2-8H,1H3. The van der Waals surface area contributed by atoms with Gasteiger partial charge >= 0.3 is 10.1 Å². The second-order valence-corrected chi connectivity index (χ2v) is 5.24. The number of rotatable bonds is 3. The van der Waals surface area contributed by atoms with Crippen molar-refractivity contribution >= 4 is 10.1 Å². The van der Waals surface area contributed by atoms with E-state index in [-0.39, 0.29) is 10.6 Å². The number of halogens is 1. The zero-order chi connectivity index (χ0) is 13.2. The van der Waals surface area contributed by atoms with Crippen LogP contribution in [0.1, 0.15) is 5.56 Å². The normalized spacial score (nSPS) is 11.2. The molecule has 1 heterocycles. The molecule has 0 fully saturated rings. The second kappa shape index (κ2) is 4.73. The first-order valence-corrected chi connectivity index (χ1v) is 6.50. The van der Waals surface area contributed by atoms with Crippen LogP contribution in [0.25, 0.3) is 0 Å². The van der Waals surface area contributed by atoms with Crippen LogP contribution in [-0.4, -0.2) is 13.4 Å². The molecule has 0 amide bonds. The van der Waals surface area contributed by atoms with Gasteiger partial charge in [-0.3, -0.25) is 4.98 Å². The Kier molecular flexibility index (Phi) is 3.29. The van der Waals surface area contributed by atoms with E-state index in [0.29, 0.717) is 0 Å². The highest BCUT2D eigenvalue weighted by Gasteiger charge is 2.16. The van der Waals surface area contributed by atoms with Crippen molar-refractivity contribution in [3.8, 4) is 5.75 Å². The SMILES string of the molecule is Cc1ccc(S(=O)(=O)Oc2cncc(F)c2)cc1. The fraction of sp³-hybridized carbons (Fsp3) is 0.0833. The quantitative estimate of drug-likeness (QED) is 0.801. The van der Waals surface area contributed by atoms with Crippen LogP contribution in [0.4, 0.5) is 4.39 Å². The first-order chi connectivity index (χ1) is 8.47. The third kappa shape index (κ3) is 2.84. The summed E-state index contributed by atoms with van der Waals surface area (Å²) in [6.07, 6.45) is 2.10. The summed E-state index contributed by atoms with van der Waals surface area (Å²) in [7, 11) is -3.95. The molecule has 4 nitrogen and oxygen atoms in total. The van der Waals surface area contributed by atoms with Crippen molar-refractivity contribution in [2.45, 2.75) is 11.8 Å². The number of hydrogen-bond donors (Lipinski definition) is 0. The predicted octanol–water partition coefficient (Wildman–Crippen LogP) is 2.30. The van der Waals surface area contributed by atoms with Gasteiger partial charge < -0.3 is 4.18 Å². The van der Waals surface area contributed by atoms with E-state index >= 15 is 0 Å². The number of pyridine rings is 1. The maximum absolute atomic E-state index is 12.9. The minimum atomic E-state index is -3.95. The van der Waals surface area contributed by atoms with Crippen LogP contribution in [-0.2, 0) is 10.1 Å². The molecule has 6 heteroatoms. The Bertz CT molecular complexity index is 653. The lowest BCUT2D eigenvalue weighted by Gasteiger charge is -2.06. The van der Waals surface area contributed by atoms with Crippen LogP contribution in [0.2, 0.25) is 0 Å². The molecule has 2 aromatic rings. The van der Waals surface area contributed by atoms with E-state index in [9.17, 15) is 12.8 Å². The van der Waals surface area contributed by atoms with Crippen molar-refractivity contribution in [3.05, 3.63) is 54.1 Å². The summed E-state index contributed by atoms with van der Waals surface area (Å²) >= 11 is 0. The van der Waals surface area contributed by atoms with Gasteiger partial charge in [0.2, 0.25) is 0 Å². The molecule has 2 rings (SSSR count). The van der Waals surface area contributed by atoms with Crippen molar-refractivity contribution in [3.63, 3.8) is 0 Å². The molecule has 0 aliphatic rings. The van der Waals surface area contributed by atoms with Crippen LogP contribution in [0, 0.1) is 12.7 Å². The van der Waals surface area contributed by atoms with Gasteiger partial charge in [-0.15, -0.1) is 0 Å². The highest BCUT2D eigenvalue weighted by molar-refractivity contribution is 7.87. The molecule has 0 radical (unpaired) electrons. The van der Waals surface area contributed by atoms with Gasteiger partial charge in [-0.2, -0.15) is 8.42 Å². The molecule has 0 unspecified atom stereocenters. The Balaban J connectivity index is 2.30.